The van der Waals surface area contributed by atoms with Gasteiger partial charge in [-0.3, -0.25) is 14.9 Å². The van der Waals surface area contributed by atoms with Crippen molar-refractivity contribution in [3.05, 3.63) is 58.6 Å². The predicted molar refractivity (Wildman–Crippen MR) is 87.3 cm³/mol. The maximum atomic E-state index is 10.9. The summed E-state index contributed by atoms with van der Waals surface area (Å²) in [5.74, 6) is 0.634. The summed E-state index contributed by atoms with van der Waals surface area (Å²) in [5, 5.41) is 13.6. The second-order valence-electron chi connectivity index (χ2n) is 5.02. The molecule has 0 aromatic heterocycles. The van der Waals surface area contributed by atoms with Crippen molar-refractivity contribution < 1.29 is 14.5 Å². The lowest BCUT2D eigenvalue weighted by Crippen LogP contribution is -2.22. The van der Waals surface area contributed by atoms with E-state index in [1.54, 1.807) is 6.07 Å². The predicted octanol–water partition coefficient (Wildman–Crippen LogP) is 3.17. The lowest BCUT2D eigenvalue weighted by molar-refractivity contribution is -0.384. The number of hydrogen-bond donors (Lipinski definition) is 1. The molecule has 0 aliphatic heterocycles. The summed E-state index contributed by atoms with van der Waals surface area (Å²) >= 11 is 0. The van der Waals surface area contributed by atoms with Crippen molar-refractivity contribution in [3.63, 3.8) is 0 Å². The zero-order chi connectivity index (χ0) is 16.7. The van der Waals surface area contributed by atoms with Gasteiger partial charge in [-0.05, 0) is 29.7 Å². The number of nitrogens with zero attached hydrogens (tertiary/aromatic N) is 1. The van der Waals surface area contributed by atoms with Crippen molar-refractivity contribution in [2.45, 2.75) is 13.3 Å². The van der Waals surface area contributed by atoms with Crippen LogP contribution in [0.1, 0.15) is 13.3 Å². The Morgan fingerprint density at radius 1 is 1.17 bits per heavy atom. The van der Waals surface area contributed by atoms with Crippen molar-refractivity contribution in [2.24, 2.45) is 0 Å². The summed E-state index contributed by atoms with van der Waals surface area (Å²) in [5.41, 5.74) is 1.68. The number of nitro benzene ring substituents is 1. The van der Waals surface area contributed by atoms with Crippen LogP contribution < -0.4 is 10.1 Å². The van der Waals surface area contributed by atoms with Gasteiger partial charge in [-0.15, -0.1) is 0 Å². The van der Waals surface area contributed by atoms with Gasteiger partial charge in [0.2, 0.25) is 5.91 Å². The molecule has 1 amide bonds. The fraction of sp³-hybridized carbons (Fsp3) is 0.235. The minimum absolute atomic E-state index is 0.0577. The molecule has 6 nitrogen and oxygen atoms in total. The third-order valence-electron chi connectivity index (χ3n) is 3.19. The smallest absolute Gasteiger partial charge is 0.270 e. The van der Waals surface area contributed by atoms with E-state index in [1.807, 2.05) is 30.3 Å². The van der Waals surface area contributed by atoms with Crippen molar-refractivity contribution >= 4 is 11.6 Å². The summed E-state index contributed by atoms with van der Waals surface area (Å²) in [7, 11) is 0. The molecule has 0 fully saturated rings. The van der Waals surface area contributed by atoms with Gasteiger partial charge in [-0.1, -0.05) is 24.3 Å². The molecule has 120 valence electrons. The molecule has 23 heavy (non-hydrogen) atoms. The van der Waals surface area contributed by atoms with Gasteiger partial charge in [-0.25, -0.2) is 0 Å². The fourth-order valence-corrected chi connectivity index (χ4v) is 2.09. The SMILES string of the molecule is CC(=O)NCCCOc1cccc(-c2cccc([N+](=O)[O-])c2)c1. The number of non-ortho nitro benzene ring substituents is 1. The van der Waals surface area contributed by atoms with Gasteiger partial charge in [0, 0.05) is 25.6 Å². The number of rotatable bonds is 7. The van der Waals surface area contributed by atoms with Crippen LogP contribution in [-0.4, -0.2) is 24.0 Å². The van der Waals surface area contributed by atoms with E-state index >= 15 is 0 Å². The molecule has 0 radical (unpaired) electrons. The Bertz CT molecular complexity index is 700. The normalized spacial score (nSPS) is 10.1. The first-order chi connectivity index (χ1) is 11.1. The second-order valence-corrected chi connectivity index (χ2v) is 5.02. The van der Waals surface area contributed by atoms with E-state index in [4.69, 9.17) is 4.74 Å². The molecule has 2 rings (SSSR count). The number of carbonyl (C=O) groups is 1. The van der Waals surface area contributed by atoms with E-state index in [2.05, 4.69) is 5.32 Å². The monoisotopic (exact) mass is 314 g/mol. The Balaban J connectivity index is 2.01. The second kappa shape index (κ2) is 7.93. The average Bonchev–Trinajstić information content (AvgIpc) is 2.54. The van der Waals surface area contributed by atoms with Crippen LogP contribution in [-0.2, 0) is 4.79 Å². The van der Waals surface area contributed by atoms with Crippen molar-refractivity contribution in [2.75, 3.05) is 13.2 Å². The van der Waals surface area contributed by atoms with Crippen LogP contribution in [0.2, 0.25) is 0 Å². The molecule has 0 saturated carbocycles. The highest BCUT2D eigenvalue weighted by atomic mass is 16.6. The molecule has 0 aliphatic carbocycles. The highest BCUT2D eigenvalue weighted by molar-refractivity contribution is 5.72. The largest absolute Gasteiger partial charge is 0.494 e. The van der Waals surface area contributed by atoms with Crippen molar-refractivity contribution in [3.8, 4) is 16.9 Å². The number of nitro groups is 1. The summed E-state index contributed by atoms with van der Waals surface area (Å²) in [4.78, 5) is 21.2. The topological polar surface area (TPSA) is 81.5 Å². The number of hydrogen-bond acceptors (Lipinski definition) is 4. The van der Waals surface area contributed by atoms with Gasteiger partial charge in [0.15, 0.2) is 0 Å². The molecule has 0 aliphatic rings. The molecule has 0 unspecified atom stereocenters. The summed E-state index contributed by atoms with van der Waals surface area (Å²) in [6, 6.07) is 13.9. The van der Waals surface area contributed by atoms with E-state index in [0.29, 0.717) is 25.3 Å². The Hall–Kier alpha value is -2.89. The maximum Gasteiger partial charge on any atom is 0.270 e. The van der Waals surface area contributed by atoms with Gasteiger partial charge in [0.05, 0.1) is 11.5 Å². The highest BCUT2D eigenvalue weighted by Gasteiger charge is 2.07. The van der Waals surface area contributed by atoms with Gasteiger partial charge in [0.25, 0.3) is 5.69 Å². The van der Waals surface area contributed by atoms with E-state index in [-0.39, 0.29) is 11.6 Å². The average molecular weight is 314 g/mol. The summed E-state index contributed by atoms with van der Waals surface area (Å²) < 4.78 is 5.64. The standard InChI is InChI=1S/C17H18N2O4/c1-13(20)18-9-4-10-23-17-8-3-6-15(12-17)14-5-2-7-16(11-14)19(21)22/h2-3,5-8,11-12H,4,9-10H2,1H3,(H,18,20). The van der Waals surface area contributed by atoms with Crippen LogP contribution in [0.4, 0.5) is 5.69 Å². The summed E-state index contributed by atoms with van der Waals surface area (Å²) in [6.45, 7) is 2.53. The van der Waals surface area contributed by atoms with Crippen LogP contribution in [0.25, 0.3) is 11.1 Å². The molecule has 6 heteroatoms. The molecule has 0 spiro atoms. The Kier molecular flexibility index (Phi) is 5.68. The molecule has 1 N–H and O–H groups in total. The van der Waals surface area contributed by atoms with Gasteiger partial charge in [0.1, 0.15) is 5.75 Å². The number of carbonyl (C=O) groups excluding carboxylic acids is 1. The van der Waals surface area contributed by atoms with Crippen molar-refractivity contribution in [1.29, 1.82) is 0 Å². The van der Waals surface area contributed by atoms with E-state index in [9.17, 15) is 14.9 Å². The van der Waals surface area contributed by atoms with Crippen LogP contribution in [0.15, 0.2) is 48.5 Å². The number of nitrogens with one attached hydrogen (secondary N) is 1. The quantitative estimate of drug-likeness (QED) is 0.483. The van der Waals surface area contributed by atoms with Crippen LogP contribution >= 0.6 is 0 Å². The Morgan fingerprint density at radius 2 is 1.87 bits per heavy atom. The first-order valence-corrected chi connectivity index (χ1v) is 7.28. The molecule has 0 heterocycles. The van der Waals surface area contributed by atoms with Crippen LogP contribution in [0.3, 0.4) is 0 Å². The third kappa shape index (κ3) is 5.10. The molecular weight excluding hydrogens is 296 g/mol. The maximum absolute atomic E-state index is 10.9. The van der Waals surface area contributed by atoms with E-state index in [1.165, 1.54) is 19.1 Å². The number of benzene rings is 2. The minimum Gasteiger partial charge on any atom is -0.494 e. The van der Waals surface area contributed by atoms with Crippen LogP contribution in [0, 0.1) is 10.1 Å². The zero-order valence-electron chi connectivity index (χ0n) is 12.8. The molecular formula is C17H18N2O4. The molecule has 0 saturated heterocycles. The highest BCUT2D eigenvalue weighted by Crippen LogP contribution is 2.26. The first-order valence-electron chi connectivity index (χ1n) is 7.28. The molecule has 0 atom stereocenters. The minimum atomic E-state index is -0.411. The van der Waals surface area contributed by atoms with Crippen molar-refractivity contribution in [1.82, 2.24) is 5.32 Å². The number of amides is 1. The van der Waals surface area contributed by atoms with Gasteiger partial charge in [-0.2, -0.15) is 0 Å². The van der Waals surface area contributed by atoms with Crippen LogP contribution in [0.5, 0.6) is 5.75 Å². The molecule has 0 bridgehead atoms. The van der Waals surface area contributed by atoms with Gasteiger partial charge >= 0.3 is 0 Å². The summed E-state index contributed by atoms with van der Waals surface area (Å²) in [6.07, 6.45) is 0.709. The zero-order valence-corrected chi connectivity index (χ0v) is 12.8. The molecule has 2 aromatic carbocycles. The molecule has 2 aromatic rings. The van der Waals surface area contributed by atoms with E-state index < -0.39 is 4.92 Å². The lowest BCUT2D eigenvalue weighted by atomic mass is 10.1. The number of ether oxygens (including phenoxy) is 1. The first kappa shape index (κ1) is 16.5. The Morgan fingerprint density at radius 3 is 2.57 bits per heavy atom. The lowest BCUT2D eigenvalue weighted by Gasteiger charge is -2.08. The Labute approximate surface area is 134 Å². The third-order valence-corrected chi connectivity index (χ3v) is 3.19. The fourth-order valence-electron chi connectivity index (χ4n) is 2.09. The van der Waals surface area contributed by atoms with E-state index in [0.717, 1.165) is 11.1 Å². The van der Waals surface area contributed by atoms with Gasteiger partial charge < -0.3 is 10.1 Å².